The highest BCUT2D eigenvalue weighted by molar-refractivity contribution is 6.76. The molecule has 8 rings (SSSR count). The number of aromatic nitrogens is 8. The fourth-order valence-corrected chi connectivity index (χ4v) is 9.29. The van der Waals surface area contributed by atoms with Gasteiger partial charge in [0, 0.05) is 108 Å². The first-order valence-corrected chi connectivity index (χ1v) is 31.8. The Kier molecular flexibility index (Phi) is 17.4. The van der Waals surface area contributed by atoms with Crippen LogP contribution in [-0.4, -0.2) is 127 Å². The van der Waals surface area contributed by atoms with Gasteiger partial charge in [0.1, 0.15) is 48.6 Å². The number of carbonyl (C=O) groups excluding carboxylic acids is 2. The summed E-state index contributed by atoms with van der Waals surface area (Å²) in [6.07, 6.45) is 16.1. The van der Waals surface area contributed by atoms with Crippen molar-refractivity contribution in [3.8, 4) is 34.7 Å². The van der Waals surface area contributed by atoms with Gasteiger partial charge in [0.2, 0.25) is 0 Å². The molecule has 6 aromatic rings. The minimum atomic E-state index is -1.14. The number of aromatic amines is 1. The second kappa shape index (κ2) is 22.9. The highest BCUT2D eigenvalue weighted by Crippen LogP contribution is 2.36. The lowest BCUT2D eigenvalue weighted by Gasteiger charge is -2.49. The second-order valence-corrected chi connectivity index (χ2v) is 34.0. The zero-order valence-corrected chi connectivity index (χ0v) is 46.2. The van der Waals surface area contributed by atoms with Crippen molar-refractivity contribution in [3.63, 3.8) is 0 Å². The highest BCUT2D eigenvalue weighted by atomic mass is 28.3. The molecular formula is C52H72N12O6Si2. The molecule has 384 valence electrons. The monoisotopic (exact) mass is 1020 g/mol. The maximum Gasteiger partial charge on any atom is 0.410 e. The molecule has 2 aliphatic heterocycles. The highest BCUT2D eigenvalue weighted by Gasteiger charge is 2.48. The summed E-state index contributed by atoms with van der Waals surface area (Å²) < 4.78 is 28.5. The number of hydrogen-bond donors (Lipinski definition) is 1. The van der Waals surface area contributed by atoms with E-state index in [4.69, 9.17) is 24.2 Å². The predicted octanol–water partition coefficient (Wildman–Crippen LogP) is 10.5. The van der Waals surface area contributed by atoms with E-state index in [1.54, 1.807) is 22.5 Å². The van der Waals surface area contributed by atoms with Gasteiger partial charge in [-0.05, 0) is 83.5 Å². The van der Waals surface area contributed by atoms with Crippen LogP contribution in [0.4, 0.5) is 9.59 Å². The molecule has 2 aliphatic rings. The molecule has 0 unspecified atom stereocenters. The number of hydrogen-bond acceptors (Lipinski definition) is 12. The fourth-order valence-electron chi connectivity index (χ4n) is 7.78. The Bertz CT molecular complexity index is 2890. The second-order valence-electron chi connectivity index (χ2n) is 22.8. The Labute approximate surface area is 425 Å². The zero-order valence-electron chi connectivity index (χ0n) is 44.2. The van der Waals surface area contributed by atoms with E-state index in [9.17, 15) is 14.9 Å². The van der Waals surface area contributed by atoms with Crippen LogP contribution in [0.15, 0.2) is 85.8 Å². The topological polar surface area (TPSA) is 207 Å². The van der Waals surface area contributed by atoms with Gasteiger partial charge in [-0.3, -0.25) is 0 Å². The van der Waals surface area contributed by atoms with Crippen molar-refractivity contribution >= 4 is 50.4 Å². The van der Waals surface area contributed by atoms with Crippen LogP contribution in [0.25, 0.3) is 44.6 Å². The van der Waals surface area contributed by atoms with E-state index in [1.165, 1.54) is 12.1 Å². The minimum absolute atomic E-state index is 0.296. The predicted molar refractivity (Wildman–Crippen MR) is 284 cm³/mol. The Morgan fingerprint density at radius 1 is 0.722 bits per heavy atom. The molecule has 20 heteroatoms. The molecule has 0 atom stereocenters. The van der Waals surface area contributed by atoms with E-state index in [0.717, 1.165) is 69.4 Å². The van der Waals surface area contributed by atoms with Gasteiger partial charge in [0.15, 0.2) is 0 Å². The molecule has 72 heavy (non-hydrogen) atoms. The third kappa shape index (κ3) is 15.0. The van der Waals surface area contributed by atoms with E-state index in [-0.39, 0.29) is 12.2 Å². The summed E-state index contributed by atoms with van der Waals surface area (Å²) in [6, 6.07) is 14.6. The first-order chi connectivity index (χ1) is 33.9. The van der Waals surface area contributed by atoms with E-state index in [0.29, 0.717) is 46.1 Å². The lowest BCUT2D eigenvalue weighted by molar-refractivity contribution is -0.0274. The Morgan fingerprint density at radius 3 is 1.69 bits per heavy atom. The molecule has 8 heterocycles. The van der Waals surface area contributed by atoms with Crippen molar-refractivity contribution in [3.05, 3.63) is 85.8 Å². The number of nitrogens with zero attached hydrogens (tertiary/aromatic N) is 11. The van der Waals surface area contributed by atoms with Gasteiger partial charge in [-0.2, -0.15) is 10.5 Å². The van der Waals surface area contributed by atoms with E-state index < -0.39 is 32.9 Å². The summed E-state index contributed by atoms with van der Waals surface area (Å²) in [5.74, 6) is 0. The molecule has 0 aliphatic carbocycles. The number of rotatable bonds is 14. The maximum absolute atomic E-state index is 12.5. The van der Waals surface area contributed by atoms with Gasteiger partial charge in [-0.25, -0.2) is 29.5 Å². The fraction of sp³-hybridized carbons (Fsp3) is 0.500. The molecule has 0 radical (unpaired) electrons. The van der Waals surface area contributed by atoms with Crippen molar-refractivity contribution in [2.45, 2.75) is 130 Å². The molecule has 1 N–H and O–H groups in total. The van der Waals surface area contributed by atoms with Gasteiger partial charge in [0.25, 0.3) is 0 Å². The Balaban J connectivity index is 0.000000199. The molecule has 2 saturated heterocycles. The average Bonchev–Trinajstić information content (AvgIpc) is 4.10. The zero-order chi connectivity index (χ0) is 52.5. The maximum atomic E-state index is 12.5. The largest absolute Gasteiger partial charge is 0.444 e. The van der Waals surface area contributed by atoms with Crippen molar-refractivity contribution in [2.75, 3.05) is 39.4 Å². The molecule has 0 spiro atoms. The van der Waals surface area contributed by atoms with Crippen molar-refractivity contribution in [1.29, 1.82) is 10.5 Å². The summed E-state index contributed by atoms with van der Waals surface area (Å²) in [7, 11) is -2.18. The third-order valence-electron chi connectivity index (χ3n) is 11.7. The molecule has 0 aromatic carbocycles. The van der Waals surface area contributed by atoms with Crippen molar-refractivity contribution < 1.29 is 28.5 Å². The van der Waals surface area contributed by atoms with Crippen LogP contribution in [0, 0.1) is 22.7 Å². The van der Waals surface area contributed by atoms with Gasteiger partial charge >= 0.3 is 12.2 Å². The van der Waals surface area contributed by atoms with Crippen LogP contribution in [0.2, 0.25) is 51.4 Å². The summed E-state index contributed by atoms with van der Waals surface area (Å²) >= 11 is 0. The number of allylic oxidation sites excluding steroid dienone is 1. The van der Waals surface area contributed by atoms with Crippen LogP contribution >= 0.6 is 0 Å². The number of amides is 2. The third-order valence-corrected chi connectivity index (χ3v) is 15.1. The molecule has 2 amide bonds. The molecule has 0 bridgehead atoms. The minimum Gasteiger partial charge on any atom is -0.444 e. The number of likely N-dealkylation sites (tertiary alicyclic amines) is 2. The number of nitrogens with one attached hydrogen (secondary N) is 1. The first-order valence-electron chi connectivity index (χ1n) is 24.4. The molecule has 18 nitrogen and oxygen atoms in total. The van der Waals surface area contributed by atoms with Gasteiger partial charge in [0.05, 0.1) is 48.6 Å². The SMILES string of the molecule is CC(C)(C)OC(=O)N1CC(=CC#N)C1.CC(C)(C)OC(=O)N1CC(CC#N)(n2ccc(-c3ncnc4c3ccn4COCC[Si](C)(C)C)c2)C1.C[Si](C)(C)CCOCn1ccc2c(-c3cc[nH]c3)ncnc21. The molecule has 6 aromatic heterocycles. The average molecular weight is 1020 g/mol. The number of H-pyrrole nitrogens is 1. The van der Waals surface area contributed by atoms with Gasteiger partial charge in [-0.1, -0.05) is 39.3 Å². The van der Waals surface area contributed by atoms with Crippen molar-refractivity contribution in [1.82, 2.24) is 48.4 Å². The van der Waals surface area contributed by atoms with Gasteiger partial charge in [-0.15, -0.1) is 0 Å². The number of ether oxygens (including phenoxy) is 4. The number of nitriles is 2. The van der Waals surface area contributed by atoms with Crippen molar-refractivity contribution in [2.24, 2.45) is 0 Å². The lowest BCUT2D eigenvalue weighted by Crippen LogP contribution is -2.64. The Morgan fingerprint density at radius 2 is 1.24 bits per heavy atom. The molecule has 2 fully saturated rings. The van der Waals surface area contributed by atoms with Crippen LogP contribution in [0.3, 0.4) is 0 Å². The summed E-state index contributed by atoms with van der Waals surface area (Å²) in [5, 5.41) is 19.9. The van der Waals surface area contributed by atoms with E-state index in [2.05, 4.69) is 76.3 Å². The normalized spacial score (nSPS) is 14.5. The first kappa shape index (κ1) is 54.7. The lowest BCUT2D eigenvalue weighted by atomic mass is 9.86. The smallest absolute Gasteiger partial charge is 0.410 e. The van der Waals surface area contributed by atoms with Crippen LogP contribution in [0.1, 0.15) is 48.0 Å². The Hall–Kier alpha value is -6.59. The van der Waals surface area contributed by atoms with E-state index in [1.807, 2.05) is 117 Å². The summed E-state index contributed by atoms with van der Waals surface area (Å²) in [4.78, 5) is 48.0. The van der Waals surface area contributed by atoms with Gasteiger partial charge < -0.3 is 47.4 Å². The molecular weight excluding hydrogens is 945 g/mol. The van der Waals surface area contributed by atoms with E-state index >= 15 is 0 Å². The van der Waals surface area contributed by atoms with Crippen LogP contribution in [-0.2, 0) is 37.9 Å². The summed E-state index contributed by atoms with van der Waals surface area (Å²) in [5.41, 5.74) is 5.02. The van der Waals surface area contributed by atoms with Crippen LogP contribution in [0.5, 0.6) is 0 Å². The summed E-state index contributed by atoms with van der Waals surface area (Å²) in [6.45, 7) is 29.6. The number of carbonyl (C=O) groups is 2. The number of fused-ring (bicyclic) bond motifs is 2. The quantitative estimate of drug-likeness (QED) is 0.0614. The standard InChI is InChI=1S/C26H36N6O3Si.C16H22N4OSi.C10H14N2O2/c1-25(2,3)35-24(33)31-16-26(17-31,9-10-27)32-12-7-20(15-32)22-21-8-11-30(23(21)29-18-28-22)19-34-13-14-36(4,5)6;1-22(2,3)9-8-21-12-20-7-5-14-15(13-4-6-17-10-13)18-11-19-16(14)20;1-10(2,3)14-9(13)12-6-8(7-12)4-5-11/h7-8,11-12,15,18H,9,13-14,16-17,19H2,1-6H3;4-7,10-11,17H,8-9,12H2,1-3H3;4H,6-7H2,1-3H3. The molecule has 0 saturated carbocycles. The van der Waals surface area contributed by atoms with Crippen LogP contribution < -0.4 is 0 Å².